The first-order valence-electron chi connectivity index (χ1n) is 3.26. The molecule has 12 heavy (non-hydrogen) atoms. The van der Waals surface area contributed by atoms with E-state index in [9.17, 15) is 20.2 Å². The molecule has 0 N–H and O–H groups in total. The first-order chi connectivity index (χ1) is 5.63. The van der Waals surface area contributed by atoms with Gasteiger partial charge in [0.05, 0.1) is 0 Å². The van der Waals surface area contributed by atoms with Gasteiger partial charge in [-0.3, -0.25) is 20.2 Å². The molecule has 8 heteroatoms. The standard InChI is InChI=1S/C4H8N4O4/c9-7(10)5-3-1-2-4-6-8(11)12/h1-4H2/q-2. The third-order valence-corrected chi connectivity index (χ3v) is 0.997. The number of nitro groups is 2. The molecule has 0 radical (unpaired) electrons. The van der Waals surface area contributed by atoms with Crippen molar-refractivity contribution in [2.24, 2.45) is 0 Å². The molecule has 0 fully saturated rings. The van der Waals surface area contributed by atoms with E-state index in [2.05, 4.69) is 10.9 Å². The first-order valence-corrected chi connectivity index (χ1v) is 3.26. The summed E-state index contributed by atoms with van der Waals surface area (Å²) >= 11 is 0. The van der Waals surface area contributed by atoms with Crippen molar-refractivity contribution in [2.45, 2.75) is 12.8 Å². The second kappa shape index (κ2) is 6.13. The van der Waals surface area contributed by atoms with Crippen LogP contribution in [0.4, 0.5) is 0 Å². The largest absolute Gasteiger partial charge is 0.379 e. The highest BCUT2D eigenvalue weighted by Crippen LogP contribution is 1.98. The fourth-order valence-corrected chi connectivity index (χ4v) is 0.528. The number of unbranched alkanes of at least 4 members (excludes halogenated alkanes) is 1. The molecule has 0 aromatic heterocycles. The van der Waals surface area contributed by atoms with E-state index in [0.717, 1.165) is 0 Å². The molecule has 0 atom stereocenters. The summed E-state index contributed by atoms with van der Waals surface area (Å²) in [5, 5.41) is 17.7. The van der Waals surface area contributed by atoms with Crippen LogP contribution in [0.25, 0.3) is 10.9 Å². The quantitative estimate of drug-likeness (QED) is 0.325. The Kier molecular flexibility index (Phi) is 5.31. The topological polar surface area (TPSA) is 114 Å². The Morgan fingerprint density at radius 1 is 0.917 bits per heavy atom. The molecule has 0 saturated heterocycles. The van der Waals surface area contributed by atoms with Crippen molar-refractivity contribution in [1.29, 1.82) is 0 Å². The molecule has 0 bridgehead atoms. The van der Waals surface area contributed by atoms with Gasteiger partial charge >= 0.3 is 0 Å². The van der Waals surface area contributed by atoms with Gasteiger partial charge in [-0.15, -0.1) is 0 Å². The van der Waals surface area contributed by atoms with E-state index in [1.807, 2.05) is 0 Å². The van der Waals surface area contributed by atoms with E-state index >= 15 is 0 Å². The number of rotatable bonds is 7. The predicted octanol–water partition coefficient (Wildman–Crippen LogP) is 0.897. The molecule has 0 aliphatic heterocycles. The van der Waals surface area contributed by atoms with Crippen LogP contribution in [0.2, 0.25) is 0 Å². The highest BCUT2D eigenvalue weighted by Gasteiger charge is 1.83. The maximum atomic E-state index is 9.65. The van der Waals surface area contributed by atoms with Gasteiger partial charge in [0.1, 0.15) is 0 Å². The Morgan fingerprint density at radius 2 is 1.25 bits per heavy atom. The SMILES string of the molecule is O=[N+]([O-])[N-]CCCC[N-][N+](=O)[O-]. The fraction of sp³-hybridized carbons (Fsp3) is 1.00. The van der Waals surface area contributed by atoms with Gasteiger partial charge in [0, 0.05) is 0 Å². The van der Waals surface area contributed by atoms with Crippen molar-refractivity contribution in [1.82, 2.24) is 0 Å². The summed E-state index contributed by atoms with van der Waals surface area (Å²) in [4.78, 5) is 19.3. The number of hydrogen-bond acceptors (Lipinski definition) is 4. The van der Waals surface area contributed by atoms with E-state index < -0.39 is 10.1 Å². The van der Waals surface area contributed by atoms with Crippen molar-refractivity contribution in [3.8, 4) is 0 Å². The van der Waals surface area contributed by atoms with Crippen LogP contribution in [0.15, 0.2) is 0 Å². The van der Waals surface area contributed by atoms with E-state index in [1.165, 1.54) is 0 Å². The van der Waals surface area contributed by atoms with Crippen LogP contribution in [-0.4, -0.2) is 23.2 Å². The van der Waals surface area contributed by atoms with E-state index in [4.69, 9.17) is 0 Å². The monoisotopic (exact) mass is 176 g/mol. The van der Waals surface area contributed by atoms with Crippen LogP contribution in [0.1, 0.15) is 12.8 Å². The molecule has 0 aromatic carbocycles. The van der Waals surface area contributed by atoms with Crippen LogP contribution in [-0.2, 0) is 0 Å². The second-order valence-corrected chi connectivity index (χ2v) is 1.91. The minimum atomic E-state index is -0.773. The lowest BCUT2D eigenvalue weighted by molar-refractivity contribution is -0.428. The van der Waals surface area contributed by atoms with E-state index in [-0.39, 0.29) is 13.1 Å². The van der Waals surface area contributed by atoms with Gasteiger partial charge in [0.2, 0.25) is 0 Å². The molecule has 0 aliphatic carbocycles. The molecular weight excluding hydrogens is 168 g/mol. The fourth-order valence-electron chi connectivity index (χ4n) is 0.528. The van der Waals surface area contributed by atoms with Crippen molar-refractivity contribution >= 4 is 0 Å². The van der Waals surface area contributed by atoms with Gasteiger partial charge in [0.25, 0.3) is 0 Å². The molecule has 0 heterocycles. The summed E-state index contributed by atoms with van der Waals surface area (Å²) in [5.74, 6) is 0. The lowest BCUT2D eigenvalue weighted by atomic mass is 10.3. The predicted molar refractivity (Wildman–Crippen MR) is 39.7 cm³/mol. The lowest BCUT2D eigenvalue weighted by Gasteiger charge is -2.10. The van der Waals surface area contributed by atoms with Crippen LogP contribution in [0, 0.1) is 20.2 Å². The van der Waals surface area contributed by atoms with E-state index in [1.54, 1.807) is 0 Å². The molecule has 0 rings (SSSR count). The van der Waals surface area contributed by atoms with Crippen LogP contribution >= 0.6 is 0 Å². The second-order valence-electron chi connectivity index (χ2n) is 1.91. The minimum Gasteiger partial charge on any atom is -0.379 e. The Bertz CT molecular complexity index is 143. The first kappa shape index (κ1) is 10.4. The number of hydrogen-bond donors (Lipinski definition) is 0. The van der Waals surface area contributed by atoms with E-state index in [0.29, 0.717) is 12.8 Å². The lowest BCUT2D eigenvalue weighted by Crippen LogP contribution is -1.97. The molecule has 8 nitrogen and oxygen atoms in total. The molecule has 0 saturated carbocycles. The zero-order valence-corrected chi connectivity index (χ0v) is 6.25. The van der Waals surface area contributed by atoms with Gasteiger partial charge in [-0.25, -0.2) is 0 Å². The summed E-state index contributed by atoms with van der Waals surface area (Å²) < 4.78 is 0. The van der Waals surface area contributed by atoms with Gasteiger partial charge in [-0.05, 0) is 10.1 Å². The minimum absolute atomic E-state index is 0.0836. The van der Waals surface area contributed by atoms with Gasteiger partial charge in [-0.2, -0.15) is 0 Å². The van der Waals surface area contributed by atoms with Crippen molar-refractivity contribution in [3.63, 3.8) is 0 Å². The zero-order valence-electron chi connectivity index (χ0n) is 6.25. The third-order valence-electron chi connectivity index (χ3n) is 0.997. The molecule has 0 amide bonds. The number of nitrogens with zero attached hydrogens (tertiary/aromatic N) is 4. The van der Waals surface area contributed by atoms with Crippen molar-refractivity contribution in [2.75, 3.05) is 13.1 Å². The van der Waals surface area contributed by atoms with Gasteiger partial charge in [-0.1, -0.05) is 25.9 Å². The average molecular weight is 176 g/mol. The Morgan fingerprint density at radius 3 is 1.50 bits per heavy atom. The zero-order chi connectivity index (χ0) is 9.40. The third kappa shape index (κ3) is 8.40. The highest BCUT2D eigenvalue weighted by molar-refractivity contribution is 4.65. The normalized spacial score (nSPS) is 9.00. The van der Waals surface area contributed by atoms with Crippen molar-refractivity contribution < 1.29 is 10.1 Å². The highest BCUT2D eigenvalue weighted by atomic mass is 16.7. The van der Waals surface area contributed by atoms with Crippen molar-refractivity contribution in [3.05, 3.63) is 31.1 Å². The summed E-state index contributed by atoms with van der Waals surface area (Å²) in [7, 11) is 0. The van der Waals surface area contributed by atoms with Gasteiger partial charge in [0.15, 0.2) is 0 Å². The van der Waals surface area contributed by atoms with Crippen LogP contribution in [0.3, 0.4) is 0 Å². The average Bonchev–Trinajstić information content (AvgIpc) is 1.95. The summed E-state index contributed by atoms with van der Waals surface area (Å²) in [6.07, 6.45) is 0.886. The van der Waals surface area contributed by atoms with Crippen LogP contribution in [0.5, 0.6) is 0 Å². The maximum Gasteiger partial charge on any atom is -0.0127 e. The molecular formula is C4H8N4O4-2. The molecule has 0 unspecified atom stereocenters. The smallest absolute Gasteiger partial charge is 0.0127 e. The molecule has 0 spiro atoms. The Hall–Kier alpha value is -1.60. The maximum absolute atomic E-state index is 9.65. The van der Waals surface area contributed by atoms with Gasteiger partial charge < -0.3 is 10.9 Å². The summed E-state index contributed by atoms with van der Waals surface area (Å²) in [6.45, 7) is 0.167. The molecule has 0 aliphatic rings. The molecule has 70 valence electrons. The Labute approximate surface area is 68.2 Å². The summed E-state index contributed by atoms with van der Waals surface area (Å²) in [5.41, 5.74) is 5.90. The summed E-state index contributed by atoms with van der Waals surface area (Å²) in [6, 6.07) is 0. The molecule has 0 aromatic rings. The van der Waals surface area contributed by atoms with Crippen LogP contribution < -0.4 is 0 Å². The Balaban J connectivity index is 3.01.